The van der Waals surface area contributed by atoms with Gasteiger partial charge < -0.3 is 5.11 Å². The third-order valence-electron chi connectivity index (χ3n) is 1.96. The Labute approximate surface area is 112 Å². The molecule has 0 spiro atoms. The Balaban J connectivity index is 0.000000292. The minimum absolute atomic E-state index is 0. The van der Waals surface area contributed by atoms with Gasteiger partial charge in [-0.05, 0) is 19.1 Å². The Morgan fingerprint density at radius 3 is 1.53 bits per heavy atom. The van der Waals surface area contributed by atoms with Crippen LogP contribution in [-0.2, 0) is 17.4 Å². The SMILES string of the molecule is Cc1ccccc1.O=C(O)c1ccccc1.[Cr]. The minimum Gasteiger partial charge on any atom is -0.478 e. The third kappa shape index (κ3) is 6.57. The van der Waals surface area contributed by atoms with Gasteiger partial charge in [-0.25, -0.2) is 4.79 Å². The second kappa shape index (κ2) is 8.58. The van der Waals surface area contributed by atoms with Gasteiger partial charge in [0.05, 0.1) is 5.56 Å². The van der Waals surface area contributed by atoms with Crippen molar-refractivity contribution in [3.8, 4) is 0 Å². The van der Waals surface area contributed by atoms with Crippen LogP contribution in [0.2, 0.25) is 0 Å². The maximum Gasteiger partial charge on any atom is 0.335 e. The van der Waals surface area contributed by atoms with Crippen LogP contribution >= 0.6 is 0 Å². The molecule has 2 rings (SSSR count). The molecular weight excluding hydrogens is 252 g/mol. The first-order chi connectivity index (χ1) is 7.70. The molecule has 2 nitrogen and oxygen atoms in total. The van der Waals surface area contributed by atoms with Crippen molar-refractivity contribution in [2.75, 3.05) is 0 Å². The molecule has 0 aliphatic carbocycles. The Morgan fingerprint density at radius 1 is 0.882 bits per heavy atom. The van der Waals surface area contributed by atoms with Crippen molar-refractivity contribution < 1.29 is 27.3 Å². The number of carboxylic acid groups (broad SMARTS) is 1. The van der Waals surface area contributed by atoms with Crippen molar-refractivity contribution >= 4 is 5.97 Å². The predicted molar refractivity (Wildman–Crippen MR) is 64.6 cm³/mol. The first-order valence-electron chi connectivity index (χ1n) is 5.00. The van der Waals surface area contributed by atoms with Crippen molar-refractivity contribution in [1.82, 2.24) is 0 Å². The molecule has 0 bridgehead atoms. The van der Waals surface area contributed by atoms with Gasteiger partial charge >= 0.3 is 5.97 Å². The smallest absolute Gasteiger partial charge is 0.335 e. The average molecular weight is 266 g/mol. The molecule has 0 radical (unpaired) electrons. The van der Waals surface area contributed by atoms with Crippen molar-refractivity contribution in [2.45, 2.75) is 6.92 Å². The fourth-order valence-corrected chi connectivity index (χ4v) is 1.12. The molecule has 0 aliphatic rings. The van der Waals surface area contributed by atoms with E-state index >= 15 is 0 Å². The molecule has 0 amide bonds. The van der Waals surface area contributed by atoms with E-state index in [4.69, 9.17) is 5.11 Å². The van der Waals surface area contributed by atoms with Crippen LogP contribution in [0.15, 0.2) is 60.7 Å². The molecule has 17 heavy (non-hydrogen) atoms. The molecule has 0 unspecified atom stereocenters. The van der Waals surface area contributed by atoms with Crippen LogP contribution in [0, 0.1) is 6.92 Å². The van der Waals surface area contributed by atoms with Crippen LogP contribution in [0.3, 0.4) is 0 Å². The second-order valence-corrected chi connectivity index (χ2v) is 3.33. The topological polar surface area (TPSA) is 37.3 Å². The normalized spacial score (nSPS) is 8.29. The number of benzene rings is 2. The van der Waals surface area contributed by atoms with Gasteiger partial charge in [-0.1, -0.05) is 54.1 Å². The molecular formula is C14H14CrO2. The van der Waals surface area contributed by atoms with Gasteiger partial charge in [0.1, 0.15) is 0 Å². The summed E-state index contributed by atoms with van der Waals surface area (Å²) in [5.41, 5.74) is 1.65. The van der Waals surface area contributed by atoms with Gasteiger partial charge in [0, 0.05) is 17.4 Å². The van der Waals surface area contributed by atoms with Crippen LogP contribution in [0.25, 0.3) is 0 Å². The Hall–Kier alpha value is -1.56. The Bertz CT molecular complexity index is 426. The molecule has 0 aliphatic heterocycles. The molecule has 0 fully saturated rings. The predicted octanol–water partition coefficient (Wildman–Crippen LogP) is 3.38. The first-order valence-corrected chi connectivity index (χ1v) is 5.00. The molecule has 0 heterocycles. The summed E-state index contributed by atoms with van der Waals surface area (Å²) in [5.74, 6) is -0.879. The maximum absolute atomic E-state index is 10.2. The monoisotopic (exact) mass is 266 g/mol. The third-order valence-corrected chi connectivity index (χ3v) is 1.96. The van der Waals surface area contributed by atoms with E-state index in [1.54, 1.807) is 30.3 Å². The molecule has 2 aromatic rings. The van der Waals surface area contributed by atoms with E-state index in [9.17, 15) is 4.79 Å². The number of hydrogen-bond donors (Lipinski definition) is 1. The van der Waals surface area contributed by atoms with Crippen LogP contribution < -0.4 is 0 Å². The van der Waals surface area contributed by atoms with E-state index in [1.807, 2.05) is 18.2 Å². The summed E-state index contributed by atoms with van der Waals surface area (Å²) in [7, 11) is 0. The van der Waals surface area contributed by atoms with Crippen LogP contribution in [0.1, 0.15) is 15.9 Å². The van der Waals surface area contributed by atoms with Gasteiger partial charge in [-0.2, -0.15) is 0 Å². The summed E-state index contributed by atoms with van der Waals surface area (Å²) in [6, 6.07) is 18.6. The first kappa shape index (κ1) is 15.4. The van der Waals surface area contributed by atoms with Crippen molar-refractivity contribution in [3.05, 3.63) is 71.8 Å². The standard InChI is InChI=1S/C7H6O2.C7H8.Cr/c8-7(9)6-4-2-1-3-5-6;1-7-5-3-2-4-6-7;/h1-5H,(H,8,9);2-6H,1H3;. The molecule has 88 valence electrons. The van der Waals surface area contributed by atoms with Gasteiger partial charge in [-0.3, -0.25) is 0 Å². The molecule has 1 N–H and O–H groups in total. The second-order valence-electron chi connectivity index (χ2n) is 3.33. The number of rotatable bonds is 1. The van der Waals surface area contributed by atoms with E-state index in [1.165, 1.54) is 5.56 Å². The van der Waals surface area contributed by atoms with E-state index < -0.39 is 5.97 Å². The van der Waals surface area contributed by atoms with Crippen LogP contribution in [0.5, 0.6) is 0 Å². The zero-order valence-electron chi connectivity index (χ0n) is 9.54. The number of carbonyl (C=O) groups is 1. The van der Waals surface area contributed by atoms with E-state index in [2.05, 4.69) is 19.1 Å². The average Bonchev–Trinajstić information content (AvgIpc) is 2.32. The number of aryl methyl sites for hydroxylation is 1. The Kier molecular flexibility index (Phi) is 7.79. The number of carboxylic acids is 1. The largest absolute Gasteiger partial charge is 0.478 e. The minimum atomic E-state index is -0.879. The molecule has 3 heteroatoms. The van der Waals surface area contributed by atoms with Gasteiger partial charge in [0.15, 0.2) is 0 Å². The Morgan fingerprint density at radius 2 is 1.29 bits per heavy atom. The van der Waals surface area contributed by atoms with Gasteiger partial charge in [0.25, 0.3) is 0 Å². The van der Waals surface area contributed by atoms with Crippen LogP contribution in [-0.4, -0.2) is 11.1 Å². The van der Waals surface area contributed by atoms with Gasteiger partial charge in [-0.15, -0.1) is 0 Å². The number of hydrogen-bond acceptors (Lipinski definition) is 1. The summed E-state index contributed by atoms with van der Waals surface area (Å²) < 4.78 is 0. The van der Waals surface area contributed by atoms with Crippen LogP contribution in [0.4, 0.5) is 0 Å². The van der Waals surface area contributed by atoms with Crippen molar-refractivity contribution in [1.29, 1.82) is 0 Å². The van der Waals surface area contributed by atoms with Gasteiger partial charge in [0.2, 0.25) is 0 Å². The molecule has 2 aromatic carbocycles. The van der Waals surface area contributed by atoms with E-state index in [0.717, 1.165) is 0 Å². The zero-order chi connectivity index (χ0) is 11.8. The summed E-state index contributed by atoms with van der Waals surface area (Å²) in [5, 5.41) is 8.38. The van der Waals surface area contributed by atoms with E-state index in [-0.39, 0.29) is 17.4 Å². The fraction of sp³-hybridized carbons (Fsp3) is 0.0714. The molecule has 0 saturated heterocycles. The summed E-state index contributed by atoms with van der Waals surface area (Å²) in [6.45, 7) is 2.08. The zero-order valence-corrected chi connectivity index (χ0v) is 10.8. The van der Waals surface area contributed by atoms with Crippen molar-refractivity contribution in [2.24, 2.45) is 0 Å². The van der Waals surface area contributed by atoms with Crippen molar-refractivity contribution in [3.63, 3.8) is 0 Å². The molecule has 0 saturated carbocycles. The quantitative estimate of drug-likeness (QED) is 0.859. The molecule has 0 aromatic heterocycles. The summed E-state index contributed by atoms with van der Waals surface area (Å²) in [6.07, 6.45) is 0. The summed E-state index contributed by atoms with van der Waals surface area (Å²) in [4.78, 5) is 10.2. The number of aromatic carboxylic acids is 1. The molecule has 0 atom stereocenters. The maximum atomic E-state index is 10.2. The fourth-order valence-electron chi connectivity index (χ4n) is 1.12. The van der Waals surface area contributed by atoms with E-state index in [0.29, 0.717) is 5.56 Å². The summed E-state index contributed by atoms with van der Waals surface area (Å²) >= 11 is 0.